The second-order valence-electron chi connectivity index (χ2n) is 4.07. The Morgan fingerprint density at radius 3 is 2.84 bits per heavy atom. The van der Waals surface area contributed by atoms with Crippen molar-refractivity contribution >= 4 is 22.6 Å². The highest BCUT2D eigenvalue weighted by Gasteiger charge is 2.11. The summed E-state index contributed by atoms with van der Waals surface area (Å²) in [4.78, 5) is 18.9. The number of nitrogens with zero attached hydrogens (tertiary/aromatic N) is 1. The van der Waals surface area contributed by atoms with Crippen LogP contribution in [0.3, 0.4) is 0 Å². The van der Waals surface area contributed by atoms with Crippen LogP contribution in [-0.4, -0.2) is 17.1 Å². The summed E-state index contributed by atoms with van der Waals surface area (Å²) in [5, 5.41) is 0. The number of aryl methyl sites for hydroxylation is 1. The molecule has 1 heterocycles. The lowest BCUT2D eigenvalue weighted by molar-refractivity contribution is 0.180. The zero-order valence-electron chi connectivity index (χ0n) is 10.5. The normalized spacial score (nSPS) is 10.7. The predicted octanol–water partition coefficient (Wildman–Crippen LogP) is 2.64. The number of hydrogen-bond donors (Lipinski definition) is 1. The van der Waals surface area contributed by atoms with Crippen molar-refractivity contribution in [1.82, 2.24) is 9.97 Å². The molecule has 0 unspecified atom stereocenters. The molecule has 4 nitrogen and oxygen atoms in total. The minimum atomic E-state index is -0.284. The van der Waals surface area contributed by atoms with Crippen LogP contribution in [0.1, 0.15) is 11.3 Å². The number of benzene rings is 1. The van der Waals surface area contributed by atoms with E-state index < -0.39 is 0 Å². The molecule has 0 radical (unpaired) electrons. The summed E-state index contributed by atoms with van der Waals surface area (Å²) in [6.45, 7) is 1.93. The van der Waals surface area contributed by atoms with Gasteiger partial charge in [-0.1, -0.05) is 0 Å². The van der Waals surface area contributed by atoms with Crippen LogP contribution >= 0.6 is 22.6 Å². The molecular weight excluding hydrogens is 362 g/mol. The van der Waals surface area contributed by atoms with E-state index in [9.17, 15) is 9.18 Å². The van der Waals surface area contributed by atoms with Crippen molar-refractivity contribution in [1.29, 1.82) is 0 Å². The van der Waals surface area contributed by atoms with E-state index in [0.717, 1.165) is 0 Å². The molecule has 1 N–H and O–H groups in total. The zero-order valence-corrected chi connectivity index (χ0v) is 12.6. The standard InChI is InChI=1S/C13H12FIN2O2/c1-7-5-8(3-4-9(7)14)12-16-10(6-19-2)11(15)13(18)17-12/h3-5H,6H2,1-2H3,(H,16,17,18). The predicted molar refractivity (Wildman–Crippen MR) is 78.4 cm³/mol. The van der Waals surface area contributed by atoms with Gasteiger partial charge in [-0.3, -0.25) is 4.79 Å². The molecule has 19 heavy (non-hydrogen) atoms. The van der Waals surface area contributed by atoms with Gasteiger partial charge in [-0.15, -0.1) is 0 Å². The number of nitrogens with one attached hydrogen (secondary N) is 1. The lowest BCUT2D eigenvalue weighted by atomic mass is 10.1. The number of aromatic nitrogens is 2. The average Bonchev–Trinajstić information content (AvgIpc) is 2.38. The molecule has 6 heteroatoms. The fourth-order valence-electron chi connectivity index (χ4n) is 1.67. The van der Waals surface area contributed by atoms with Gasteiger partial charge in [0, 0.05) is 12.7 Å². The van der Waals surface area contributed by atoms with Crippen molar-refractivity contribution in [2.45, 2.75) is 13.5 Å². The van der Waals surface area contributed by atoms with Crippen LogP contribution in [0.4, 0.5) is 4.39 Å². The second-order valence-corrected chi connectivity index (χ2v) is 5.15. The fourth-order valence-corrected chi connectivity index (χ4v) is 2.08. The first kappa shape index (κ1) is 14.1. The quantitative estimate of drug-likeness (QED) is 0.841. The monoisotopic (exact) mass is 374 g/mol. The smallest absolute Gasteiger partial charge is 0.264 e. The molecule has 0 saturated carbocycles. The van der Waals surface area contributed by atoms with Crippen molar-refractivity contribution in [2.75, 3.05) is 7.11 Å². The minimum Gasteiger partial charge on any atom is -0.378 e. The van der Waals surface area contributed by atoms with Crippen LogP contribution in [0, 0.1) is 16.3 Å². The summed E-state index contributed by atoms with van der Waals surface area (Å²) in [6.07, 6.45) is 0. The number of methoxy groups -OCH3 is 1. The molecule has 0 aliphatic rings. The molecule has 2 aromatic rings. The number of ether oxygens (including phenoxy) is 1. The van der Waals surface area contributed by atoms with E-state index in [1.54, 1.807) is 26.2 Å². The summed E-state index contributed by atoms with van der Waals surface area (Å²) in [7, 11) is 1.54. The average molecular weight is 374 g/mol. The van der Waals surface area contributed by atoms with Crippen molar-refractivity contribution in [3.63, 3.8) is 0 Å². The molecular formula is C13H12FIN2O2. The van der Waals surface area contributed by atoms with Gasteiger partial charge in [0.05, 0.1) is 12.3 Å². The number of aromatic amines is 1. The Morgan fingerprint density at radius 1 is 1.47 bits per heavy atom. The van der Waals surface area contributed by atoms with Gasteiger partial charge in [0.25, 0.3) is 5.56 Å². The first-order valence-electron chi connectivity index (χ1n) is 5.57. The van der Waals surface area contributed by atoms with Crippen LogP contribution in [0.15, 0.2) is 23.0 Å². The first-order valence-corrected chi connectivity index (χ1v) is 6.65. The third-order valence-corrected chi connectivity index (χ3v) is 3.76. The van der Waals surface area contributed by atoms with Gasteiger partial charge in [-0.25, -0.2) is 9.37 Å². The van der Waals surface area contributed by atoms with Crippen LogP contribution in [0.2, 0.25) is 0 Å². The lowest BCUT2D eigenvalue weighted by Crippen LogP contribution is -2.16. The van der Waals surface area contributed by atoms with Crippen molar-refractivity contribution in [2.24, 2.45) is 0 Å². The van der Waals surface area contributed by atoms with Gasteiger partial charge in [0.1, 0.15) is 15.2 Å². The molecule has 0 amide bonds. The lowest BCUT2D eigenvalue weighted by Gasteiger charge is -2.07. The number of halogens is 2. The van der Waals surface area contributed by atoms with Crippen LogP contribution in [0.5, 0.6) is 0 Å². The molecule has 0 saturated heterocycles. The van der Waals surface area contributed by atoms with E-state index in [1.165, 1.54) is 6.07 Å². The highest BCUT2D eigenvalue weighted by atomic mass is 127. The fraction of sp³-hybridized carbons (Fsp3) is 0.231. The largest absolute Gasteiger partial charge is 0.378 e. The maximum atomic E-state index is 13.2. The van der Waals surface area contributed by atoms with Gasteiger partial charge < -0.3 is 9.72 Å². The van der Waals surface area contributed by atoms with Gasteiger partial charge in [-0.2, -0.15) is 0 Å². The number of hydrogen-bond acceptors (Lipinski definition) is 3. The summed E-state index contributed by atoms with van der Waals surface area (Å²) < 4.78 is 18.8. The summed E-state index contributed by atoms with van der Waals surface area (Å²) in [5.74, 6) is 0.134. The highest BCUT2D eigenvalue weighted by molar-refractivity contribution is 14.1. The molecule has 0 fully saturated rings. The van der Waals surface area contributed by atoms with Gasteiger partial charge >= 0.3 is 0 Å². The summed E-state index contributed by atoms with van der Waals surface area (Å²) >= 11 is 1.93. The van der Waals surface area contributed by atoms with Gasteiger partial charge in [0.15, 0.2) is 0 Å². The Labute approximate surface area is 123 Å². The van der Waals surface area contributed by atoms with E-state index in [2.05, 4.69) is 9.97 Å². The summed E-state index contributed by atoms with van der Waals surface area (Å²) in [6, 6.07) is 4.60. The van der Waals surface area contributed by atoms with E-state index in [0.29, 0.717) is 26.2 Å². The van der Waals surface area contributed by atoms with Crippen LogP contribution in [0.25, 0.3) is 11.4 Å². The second kappa shape index (κ2) is 5.79. The van der Waals surface area contributed by atoms with Crippen LogP contribution in [-0.2, 0) is 11.3 Å². The SMILES string of the molecule is COCc1nc(-c2ccc(F)c(C)c2)[nH]c(=O)c1I. The van der Waals surface area contributed by atoms with Crippen molar-refractivity contribution < 1.29 is 9.13 Å². The van der Waals surface area contributed by atoms with Gasteiger partial charge in [0.2, 0.25) is 0 Å². The maximum absolute atomic E-state index is 13.2. The van der Waals surface area contributed by atoms with Crippen molar-refractivity contribution in [3.05, 3.63) is 49.2 Å². The Hall–Kier alpha value is -1.28. The minimum absolute atomic E-state index is 0.223. The molecule has 0 bridgehead atoms. The van der Waals surface area contributed by atoms with E-state index in [1.807, 2.05) is 22.6 Å². The molecule has 0 aliphatic heterocycles. The third-order valence-electron chi connectivity index (χ3n) is 2.64. The number of H-pyrrole nitrogens is 1. The molecule has 100 valence electrons. The molecule has 1 aromatic heterocycles. The molecule has 0 atom stereocenters. The Kier molecular flexibility index (Phi) is 4.31. The third kappa shape index (κ3) is 3.01. The van der Waals surface area contributed by atoms with E-state index >= 15 is 0 Å². The molecule has 0 aliphatic carbocycles. The molecule has 2 rings (SSSR count). The summed E-state index contributed by atoms with van der Waals surface area (Å²) in [5.41, 5.74) is 1.53. The highest BCUT2D eigenvalue weighted by Crippen LogP contribution is 2.19. The topological polar surface area (TPSA) is 55.0 Å². The Balaban J connectivity index is 2.56. The first-order chi connectivity index (χ1) is 9.02. The van der Waals surface area contributed by atoms with Crippen molar-refractivity contribution in [3.8, 4) is 11.4 Å². The number of rotatable bonds is 3. The maximum Gasteiger partial charge on any atom is 0.264 e. The molecule has 1 aromatic carbocycles. The van der Waals surface area contributed by atoms with E-state index in [4.69, 9.17) is 4.74 Å². The Morgan fingerprint density at radius 2 is 2.21 bits per heavy atom. The van der Waals surface area contributed by atoms with E-state index in [-0.39, 0.29) is 18.0 Å². The van der Waals surface area contributed by atoms with Crippen LogP contribution < -0.4 is 5.56 Å². The Bertz CT molecular complexity index is 670. The zero-order chi connectivity index (χ0) is 14.0. The molecule has 0 spiro atoms. The van der Waals surface area contributed by atoms with Gasteiger partial charge in [-0.05, 0) is 53.3 Å².